The molecule has 0 aliphatic carbocycles. The summed E-state index contributed by atoms with van der Waals surface area (Å²) in [7, 11) is 0. The first-order valence-corrected chi connectivity index (χ1v) is 15.2. The molecule has 5 amide bonds. The Bertz CT molecular complexity index is 2430. The van der Waals surface area contributed by atoms with Gasteiger partial charge < -0.3 is 5.32 Å². The highest BCUT2D eigenvalue weighted by atomic mass is 16.6. The van der Waals surface area contributed by atoms with Crippen molar-refractivity contribution in [3.8, 4) is 0 Å². The molecule has 11 nitrogen and oxygen atoms in total. The van der Waals surface area contributed by atoms with E-state index in [1.807, 2.05) is 0 Å². The van der Waals surface area contributed by atoms with Gasteiger partial charge in [0, 0.05) is 50.2 Å². The van der Waals surface area contributed by atoms with Crippen molar-refractivity contribution < 1.29 is 28.9 Å². The summed E-state index contributed by atoms with van der Waals surface area (Å²) in [5, 5.41) is 15.9. The van der Waals surface area contributed by atoms with E-state index in [2.05, 4.69) is 5.32 Å². The van der Waals surface area contributed by atoms with E-state index in [1.165, 1.54) is 24.3 Å². The largest absolute Gasteiger partial charge is 0.325 e. The zero-order valence-corrected chi connectivity index (χ0v) is 25.4. The van der Waals surface area contributed by atoms with Crippen LogP contribution in [0.1, 0.15) is 47.0 Å². The number of nitro groups is 1. The molecule has 8 rings (SSSR count). The van der Waals surface area contributed by atoms with Crippen molar-refractivity contribution in [3.63, 3.8) is 0 Å². The maximum Gasteiger partial charge on any atom is 0.277 e. The highest BCUT2D eigenvalue weighted by molar-refractivity contribution is 6.37. The molecule has 0 fully saturated rings. The lowest BCUT2D eigenvalue weighted by atomic mass is 9.92. The number of benzene rings is 6. The second kappa shape index (κ2) is 11.1. The van der Waals surface area contributed by atoms with E-state index in [4.69, 9.17) is 0 Å². The van der Waals surface area contributed by atoms with E-state index >= 15 is 0 Å². The average molecular weight is 647 g/mol. The Morgan fingerprint density at radius 3 is 1.67 bits per heavy atom. The Labute approximate surface area is 277 Å². The fourth-order valence-corrected chi connectivity index (χ4v) is 6.63. The second-order valence-corrected chi connectivity index (χ2v) is 11.6. The molecule has 0 aromatic heterocycles. The van der Waals surface area contributed by atoms with Gasteiger partial charge in [0.2, 0.25) is 5.91 Å². The molecule has 0 radical (unpaired) electrons. The van der Waals surface area contributed by atoms with Gasteiger partial charge in [0.1, 0.15) is 0 Å². The first-order valence-electron chi connectivity index (χ1n) is 15.2. The van der Waals surface area contributed by atoms with E-state index < -0.39 is 28.6 Å². The summed E-state index contributed by atoms with van der Waals surface area (Å²) >= 11 is 0. The van der Waals surface area contributed by atoms with Gasteiger partial charge in [-0.1, -0.05) is 48.5 Å². The number of nitrogens with one attached hydrogen (secondary N) is 1. The predicted molar refractivity (Wildman–Crippen MR) is 182 cm³/mol. The molecule has 0 spiro atoms. The minimum atomic E-state index is -0.610. The van der Waals surface area contributed by atoms with Crippen LogP contribution in [0.15, 0.2) is 115 Å². The third-order valence-corrected chi connectivity index (χ3v) is 8.84. The number of imide groups is 2. The van der Waals surface area contributed by atoms with Gasteiger partial charge in [0.05, 0.1) is 28.1 Å². The van der Waals surface area contributed by atoms with Crippen LogP contribution in [-0.4, -0.2) is 34.5 Å². The van der Waals surface area contributed by atoms with Crippen LogP contribution in [0.25, 0.3) is 21.5 Å². The van der Waals surface area contributed by atoms with E-state index in [0.29, 0.717) is 38.8 Å². The number of anilines is 3. The smallest absolute Gasteiger partial charge is 0.277 e. The number of nitro benzene ring substituents is 1. The number of para-hydroxylation sites is 1. The second-order valence-electron chi connectivity index (χ2n) is 11.6. The van der Waals surface area contributed by atoms with Crippen LogP contribution in [0.3, 0.4) is 0 Å². The maximum absolute atomic E-state index is 13.5. The summed E-state index contributed by atoms with van der Waals surface area (Å²) in [6.45, 7) is 0. The summed E-state index contributed by atoms with van der Waals surface area (Å²) in [5.41, 5.74) is 2.64. The summed E-state index contributed by atoms with van der Waals surface area (Å²) in [6.07, 6.45) is -0.0451. The fraction of sp³-hybridized carbons (Fsp3) is 0.0263. The van der Waals surface area contributed by atoms with Crippen molar-refractivity contribution >= 4 is 73.8 Å². The molecule has 0 saturated heterocycles. The van der Waals surface area contributed by atoms with Gasteiger partial charge >= 0.3 is 0 Å². The topological polar surface area (TPSA) is 147 Å². The van der Waals surface area contributed by atoms with Crippen molar-refractivity contribution in [1.82, 2.24) is 0 Å². The Kier molecular flexibility index (Phi) is 6.63. The van der Waals surface area contributed by atoms with Crippen molar-refractivity contribution in [2.24, 2.45) is 0 Å². The maximum atomic E-state index is 13.5. The molecule has 0 atom stereocenters. The van der Waals surface area contributed by atoms with Gasteiger partial charge in [-0.25, -0.2) is 9.80 Å². The Morgan fingerprint density at radius 2 is 1.08 bits per heavy atom. The zero-order valence-electron chi connectivity index (χ0n) is 25.4. The molecule has 6 aromatic carbocycles. The van der Waals surface area contributed by atoms with E-state index in [9.17, 15) is 34.1 Å². The van der Waals surface area contributed by atoms with Crippen LogP contribution in [0.5, 0.6) is 0 Å². The van der Waals surface area contributed by atoms with Gasteiger partial charge in [-0.15, -0.1) is 0 Å². The highest BCUT2D eigenvalue weighted by Gasteiger charge is 2.36. The van der Waals surface area contributed by atoms with Gasteiger partial charge in [-0.05, 0) is 66.2 Å². The first kappa shape index (κ1) is 29.4. The van der Waals surface area contributed by atoms with Crippen LogP contribution < -0.4 is 15.1 Å². The monoisotopic (exact) mass is 646 g/mol. The van der Waals surface area contributed by atoms with Crippen molar-refractivity contribution in [2.45, 2.75) is 6.42 Å². The van der Waals surface area contributed by atoms with Crippen LogP contribution in [-0.2, 0) is 11.2 Å². The lowest BCUT2D eigenvalue weighted by Crippen LogP contribution is -2.40. The Balaban J connectivity index is 1.03. The number of rotatable bonds is 6. The van der Waals surface area contributed by atoms with Crippen LogP contribution >= 0.6 is 0 Å². The van der Waals surface area contributed by atoms with Crippen LogP contribution in [0.4, 0.5) is 22.7 Å². The van der Waals surface area contributed by atoms with Crippen LogP contribution in [0, 0.1) is 10.1 Å². The summed E-state index contributed by atoms with van der Waals surface area (Å²) in [5.74, 6) is -2.49. The third kappa shape index (κ3) is 4.55. The number of amides is 5. The summed E-state index contributed by atoms with van der Waals surface area (Å²) in [6, 6.07) is 30.6. The standard InChI is InChI=1S/C38H22N4O7/c43-32(39-30-18-16-28-33-24(30)8-4-10-26(33)35(44)40(37(28)46)22-6-2-1-3-7-22)20-21-12-14-23(15-13-21)41-36(45)27-11-5-9-25-31(42(48)49)19-17-29(34(25)27)38(41)47/h1-19H,20H2,(H,39,43). The summed E-state index contributed by atoms with van der Waals surface area (Å²) in [4.78, 5) is 80.3. The average Bonchev–Trinajstić information content (AvgIpc) is 3.11. The van der Waals surface area contributed by atoms with Gasteiger partial charge in [0.25, 0.3) is 29.3 Å². The number of carbonyl (C=O) groups is 5. The molecular weight excluding hydrogens is 624 g/mol. The lowest BCUT2D eigenvalue weighted by Gasteiger charge is -2.28. The quantitative estimate of drug-likeness (QED) is 0.121. The number of nitrogens with zero attached hydrogens (tertiary/aromatic N) is 3. The number of non-ortho nitro benzene ring substituents is 1. The Hall–Kier alpha value is -7.01. The number of carbonyl (C=O) groups excluding carboxylic acids is 5. The van der Waals surface area contributed by atoms with Gasteiger partial charge in [-0.3, -0.25) is 34.1 Å². The Morgan fingerprint density at radius 1 is 0.571 bits per heavy atom. The molecule has 0 saturated carbocycles. The third-order valence-electron chi connectivity index (χ3n) is 8.84. The lowest BCUT2D eigenvalue weighted by molar-refractivity contribution is -0.383. The minimum absolute atomic E-state index is 0.0451. The fourth-order valence-electron chi connectivity index (χ4n) is 6.63. The molecule has 49 heavy (non-hydrogen) atoms. The van der Waals surface area contributed by atoms with Gasteiger partial charge in [0.15, 0.2) is 0 Å². The minimum Gasteiger partial charge on any atom is -0.325 e. The van der Waals surface area contributed by atoms with E-state index in [0.717, 1.165) is 9.80 Å². The number of hydrogen-bond donors (Lipinski definition) is 1. The molecule has 2 aliphatic heterocycles. The number of hydrogen-bond acceptors (Lipinski definition) is 7. The summed E-state index contributed by atoms with van der Waals surface area (Å²) < 4.78 is 0. The molecule has 236 valence electrons. The van der Waals surface area contributed by atoms with Crippen molar-refractivity contribution in [2.75, 3.05) is 15.1 Å². The molecular formula is C38H22N4O7. The highest BCUT2D eigenvalue weighted by Crippen LogP contribution is 2.38. The molecule has 11 heteroatoms. The molecule has 2 aliphatic rings. The normalized spacial score (nSPS) is 13.7. The molecule has 6 aromatic rings. The van der Waals surface area contributed by atoms with Gasteiger partial charge in [-0.2, -0.15) is 0 Å². The first-order chi connectivity index (χ1) is 23.7. The van der Waals surface area contributed by atoms with Crippen molar-refractivity contribution in [3.05, 3.63) is 153 Å². The predicted octanol–water partition coefficient (Wildman–Crippen LogP) is 6.68. The molecule has 2 heterocycles. The van der Waals surface area contributed by atoms with Crippen LogP contribution in [0.2, 0.25) is 0 Å². The molecule has 1 N–H and O–H groups in total. The van der Waals surface area contributed by atoms with E-state index in [1.54, 1.807) is 91.0 Å². The molecule has 0 bridgehead atoms. The molecule has 0 unspecified atom stereocenters. The van der Waals surface area contributed by atoms with E-state index in [-0.39, 0.29) is 45.6 Å². The SMILES string of the molecule is O=C(Cc1ccc(N2C(=O)c3cccc4c([N+](=O)[O-])ccc(c34)C2=O)cc1)Nc1ccc2c3c(cccc13)C(=O)N(c1ccccc1)C2=O. The zero-order chi connectivity index (χ0) is 34.0. The van der Waals surface area contributed by atoms with Crippen molar-refractivity contribution in [1.29, 1.82) is 0 Å².